The third-order valence-corrected chi connectivity index (χ3v) is 3.77. The molecule has 2 amide bonds. The van der Waals surface area contributed by atoms with Crippen molar-refractivity contribution >= 4 is 29.2 Å². The van der Waals surface area contributed by atoms with E-state index >= 15 is 0 Å². The molecule has 2 aromatic heterocycles. The van der Waals surface area contributed by atoms with Gasteiger partial charge in [0, 0.05) is 6.92 Å². The van der Waals surface area contributed by atoms with E-state index in [-0.39, 0.29) is 11.8 Å². The number of hydrogen-bond donors (Lipinski definition) is 2. The SMILES string of the molecule is CSCC[C@H](NC(C)=O)C(=O)NCc1cccc2ncnn12. The molecule has 118 valence electrons. The van der Waals surface area contributed by atoms with E-state index in [0.717, 1.165) is 17.1 Å². The molecule has 0 aliphatic rings. The number of carbonyl (C=O) groups excluding carboxylic acids is 2. The zero-order valence-electron chi connectivity index (χ0n) is 12.6. The average molecular weight is 321 g/mol. The minimum absolute atomic E-state index is 0.193. The molecule has 2 rings (SSSR count). The molecule has 0 aliphatic carbocycles. The number of hydrogen-bond acceptors (Lipinski definition) is 5. The van der Waals surface area contributed by atoms with Gasteiger partial charge in [-0.3, -0.25) is 9.59 Å². The van der Waals surface area contributed by atoms with Crippen molar-refractivity contribution in [3.63, 3.8) is 0 Å². The summed E-state index contributed by atoms with van der Waals surface area (Å²) in [4.78, 5) is 27.6. The normalized spacial score (nSPS) is 12.1. The Morgan fingerprint density at radius 1 is 1.41 bits per heavy atom. The molecule has 1 atom stereocenters. The van der Waals surface area contributed by atoms with Crippen molar-refractivity contribution in [2.45, 2.75) is 25.9 Å². The van der Waals surface area contributed by atoms with Gasteiger partial charge in [-0.25, -0.2) is 9.50 Å². The van der Waals surface area contributed by atoms with Crippen LogP contribution in [0.3, 0.4) is 0 Å². The fourth-order valence-electron chi connectivity index (χ4n) is 2.09. The highest BCUT2D eigenvalue weighted by atomic mass is 32.2. The maximum atomic E-state index is 12.3. The molecule has 2 aromatic rings. The zero-order valence-corrected chi connectivity index (χ0v) is 13.4. The maximum Gasteiger partial charge on any atom is 0.242 e. The summed E-state index contributed by atoms with van der Waals surface area (Å²) in [5.41, 5.74) is 1.56. The van der Waals surface area contributed by atoms with E-state index in [2.05, 4.69) is 20.7 Å². The predicted molar refractivity (Wildman–Crippen MR) is 85.4 cm³/mol. The van der Waals surface area contributed by atoms with Crippen LogP contribution in [0.2, 0.25) is 0 Å². The number of carbonyl (C=O) groups is 2. The summed E-state index contributed by atoms with van der Waals surface area (Å²) < 4.78 is 1.68. The fraction of sp³-hybridized carbons (Fsp3) is 0.429. The highest BCUT2D eigenvalue weighted by molar-refractivity contribution is 7.98. The first-order valence-electron chi connectivity index (χ1n) is 6.93. The van der Waals surface area contributed by atoms with Crippen molar-refractivity contribution in [2.24, 2.45) is 0 Å². The molecule has 0 radical (unpaired) electrons. The lowest BCUT2D eigenvalue weighted by atomic mass is 10.2. The Balaban J connectivity index is 2.00. The topological polar surface area (TPSA) is 88.4 Å². The van der Waals surface area contributed by atoms with Gasteiger partial charge in [0.15, 0.2) is 5.65 Å². The molecule has 0 saturated carbocycles. The number of fused-ring (bicyclic) bond motifs is 1. The van der Waals surface area contributed by atoms with Gasteiger partial charge in [0.05, 0.1) is 12.2 Å². The molecular weight excluding hydrogens is 302 g/mol. The van der Waals surface area contributed by atoms with E-state index in [1.807, 2.05) is 24.5 Å². The Labute approximate surface area is 132 Å². The van der Waals surface area contributed by atoms with Crippen molar-refractivity contribution < 1.29 is 9.59 Å². The van der Waals surface area contributed by atoms with Crippen LogP contribution < -0.4 is 10.6 Å². The summed E-state index contributed by atoms with van der Waals surface area (Å²) in [6, 6.07) is 5.07. The van der Waals surface area contributed by atoms with Crippen LogP contribution in [0.1, 0.15) is 19.0 Å². The molecule has 0 unspecified atom stereocenters. The third-order valence-electron chi connectivity index (χ3n) is 3.13. The van der Waals surface area contributed by atoms with Crippen LogP contribution >= 0.6 is 11.8 Å². The molecule has 2 N–H and O–H groups in total. The molecule has 0 fully saturated rings. The van der Waals surface area contributed by atoms with Crippen LogP contribution in [0.4, 0.5) is 0 Å². The molecule has 22 heavy (non-hydrogen) atoms. The average Bonchev–Trinajstić information content (AvgIpc) is 2.97. The largest absolute Gasteiger partial charge is 0.349 e. The van der Waals surface area contributed by atoms with Gasteiger partial charge in [0.2, 0.25) is 11.8 Å². The maximum absolute atomic E-state index is 12.3. The Kier molecular flexibility index (Phi) is 5.76. The highest BCUT2D eigenvalue weighted by Crippen LogP contribution is 2.05. The van der Waals surface area contributed by atoms with Crippen molar-refractivity contribution in [3.8, 4) is 0 Å². The summed E-state index contributed by atoms with van der Waals surface area (Å²) in [7, 11) is 0. The number of nitrogens with one attached hydrogen (secondary N) is 2. The van der Waals surface area contributed by atoms with Crippen LogP contribution in [0.5, 0.6) is 0 Å². The first kappa shape index (κ1) is 16.3. The van der Waals surface area contributed by atoms with Crippen molar-refractivity contribution in [3.05, 3.63) is 30.2 Å². The minimum Gasteiger partial charge on any atom is -0.349 e. The molecule has 0 aliphatic heterocycles. The van der Waals surface area contributed by atoms with E-state index in [0.29, 0.717) is 13.0 Å². The number of amides is 2. The van der Waals surface area contributed by atoms with Crippen LogP contribution in [0, 0.1) is 0 Å². The summed E-state index contributed by atoms with van der Waals surface area (Å²) in [6.45, 7) is 1.74. The molecule has 7 nitrogen and oxygen atoms in total. The van der Waals surface area contributed by atoms with E-state index in [4.69, 9.17) is 0 Å². The van der Waals surface area contributed by atoms with Crippen LogP contribution in [-0.2, 0) is 16.1 Å². The lowest BCUT2D eigenvalue weighted by molar-refractivity contribution is -0.128. The van der Waals surface area contributed by atoms with Gasteiger partial charge in [0.1, 0.15) is 12.4 Å². The number of thioether (sulfide) groups is 1. The van der Waals surface area contributed by atoms with Gasteiger partial charge >= 0.3 is 0 Å². The van der Waals surface area contributed by atoms with Crippen LogP contribution in [0.15, 0.2) is 24.5 Å². The van der Waals surface area contributed by atoms with Gasteiger partial charge in [-0.1, -0.05) is 6.07 Å². The zero-order chi connectivity index (χ0) is 15.9. The predicted octanol–water partition coefficient (Wildman–Crippen LogP) is 0.603. The standard InChI is InChI=1S/C14H19N5O2S/c1-10(20)18-12(6-7-22-2)14(21)15-8-11-4-3-5-13-16-9-17-19(11)13/h3-5,9,12H,6-8H2,1-2H3,(H,15,21)(H,18,20)/t12-/m0/s1. The molecule has 0 saturated heterocycles. The summed E-state index contributed by atoms with van der Waals surface area (Å²) >= 11 is 1.64. The van der Waals surface area contributed by atoms with Gasteiger partial charge in [0.25, 0.3) is 0 Å². The van der Waals surface area contributed by atoms with Gasteiger partial charge in [-0.05, 0) is 30.6 Å². The second kappa shape index (κ2) is 7.79. The summed E-state index contributed by atoms with van der Waals surface area (Å²) in [5.74, 6) is 0.401. The molecular formula is C14H19N5O2S. The molecule has 0 bridgehead atoms. The molecule has 2 heterocycles. The highest BCUT2D eigenvalue weighted by Gasteiger charge is 2.18. The quantitative estimate of drug-likeness (QED) is 0.780. The van der Waals surface area contributed by atoms with E-state index in [9.17, 15) is 9.59 Å². The fourth-order valence-corrected chi connectivity index (χ4v) is 2.56. The smallest absolute Gasteiger partial charge is 0.242 e. The molecule has 0 spiro atoms. The molecule has 8 heteroatoms. The van der Waals surface area contributed by atoms with E-state index in [1.54, 1.807) is 16.3 Å². The second-order valence-corrected chi connectivity index (χ2v) is 5.79. The second-order valence-electron chi connectivity index (χ2n) is 4.80. The van der Waals surface area contributed by atoms with Crippen LogP contribution in [0.25, 0.3) is 5.65 Å². The van der Waals surface area contributed by atoms with Gasteiger partial charge in [-0.2, -0.15) is 16.9 Å². The van der Waals surface area contributed by atoms with Crippen molar-refractivity contribution in [1.82, 2.24) is 25.2 Å². The minimum atomic E-state index is -0.514. The Morgan fingerprint density at radius 3 is 2.95 bits per heavy atom. The Morgan fingerprint density at radius 2 is 2.23 bits per heavy atom. The van der Waals surface area contributed by atoms with Crippen molar-refractivity contribution in [1.29, 1.82) is 0 Å². The van der Waals surface area contributed by atoms with Gasteiger partial charge < -0.3 is 10.6 Å². The van der Waals surface area contributed by atoms with E-state index < -0.39 is 6.04 Å². The number of nitrogens with zero attached hydrogens (tertiary/aromatic N) is 3. The van der Waals surface area contributed by atoms with Gasteiger partial charge in [-0.15, -0.1) is 0 Å². The first-order chi connectivity index (χ1) is 10.6. The third kappa shape index (κ3) is 4.20. The monoisotopic (exact) mass is 321 g/mol. The Hall–Kier alpha value is -2.09. The number of aromatic nitrogens is 3. The molecule has 0 aromatic carbocycles. The summed E-state index contributed by atoms with van der Waals surface area (Å²) in [5, 5.41) is 9.65. The lowest BCUT2D eigenvalue weighted by Crippen LogP contribution is -2.46. The summed E-state index contributed by atoms with van der Waals surface area (Å²) in [6.07, 6.45) is 4.04. The number of pyridine rings is 1. The van der Waals surface area contributed by atoms with Crippen LogP contribution in [-0.4, -0.2) is 44.5 Å². The lowest BCUT2D eigenvalue weighted by Gasteiger charge is -2.17. The first-order valence-corrected chi connectivity index (χ1v) is 8.32. The van der Waals surface area contributed by atoms with Crippen molar-refractivity contribution in [2.75, 3.05) is 12.0 Å². The Bertz CT molecular complexity index is 657. The van der Waals surface area contributed by atoms with E-state index in [1.165, 1.54) is 13.3 Å². The number of rotatable bonds is 7.